The first kappa shape index (κ1) is 17.0. The molecule has 1 amide bonds. The summed E-state index contributed by atoms with van der Waals surface area (Å²) in [6, 6.07) is 17.8. The van der Waals surface area contributed by atoms with Gasteiger partial charge in [-0.3, -0.25) is 9.48 Å². The number of aryl methyl sites for hydroxylation is 4. The van der Waals surface area contributed by atoms with Crippen LogP contribution in [0.4, 0.5) is 5.69 Å². The van der Waals surface area contributed by atoms with Crippen molar-refractivity contribution in [3.8, 4) is 0 Å². The monoisotopic (exact) mass is 359 g/mol. The van der Waals surface area contributed by atoms with Crippen LogP contribution in [0.3, 0.4) is 0 Å². The van der Waals surface area contributed by atoms with Crippen molar-refractivity contribution >= 4 is 22.6 Å². The lowest BCUT2D eigenvalue weighted by molar-refractivity contribution is 0.101. The number of rotatable bonds is 5. The summed E-state index contributed by atoms with van der Waals surface area (Å²) >= 11 is 0. The van der Waals surface area contributed by atoms with Crippen LogP contribution in [0, 0.1) is 0 Å². The van der Waals surface area contributed by atoms with Crippen LogP contribution >= 0.6 is 0 Å². The van der Waals surface area contributed by atoms with E-state index >= 15 is 0 Å². The third-order valence-corrected chi connectivity index (χ3v) is 4.78. The molecule has 0 aliphatic heterocycles. The van der Waals surface area contributed by atoms with Crippen LogP contribution in [-0.2, 0) is 26.9 Å². The smallest absolute Gasteiger partial charge is 0.273 e. The Balaban J connectivity index is 1.41. The first-order chi connectivity index (χ1) is 13.1. The number of hydrogen-bond donors (Lipinski definition) is 1. The molecule has 0 saturated heterocycles. The number of para-hydroxylation sites is 2. The van der Waals surface area contributed by atoms with Crippen molar-refractivity contribution in [1.82, 2.24) is 19.3 Å². The Kier molecular flexibility index (Phi) is 4.46. The van der Waals surface area contributed by atoms with E-state index in [4.69, 9.17) is 4.98 Å². The zero-order valence-corrected chi connectivity index (χ0v) is 15.4. The van der Waals surface area contributed by atoms with E-state index in [1.54, 1.807) is 24.0 Å². The van der Waals surface area contributed by atoms with Crippen LogP contribution in [0.2, 0.25) is 0 Å². The maximum atomic E-state index is 12.2. The molecule has 136 valence electrons. The number of amides is 1. The van der Waals surface area contributed by atoms with Crippen LogP contribution in [0.5, 0.6) is 0 Å². The van der Waals surface area contributed by atoms with Crippen molar-refractivity contribution in [2.24, 2.45) is 14.1 Å². The number of hydrogen-bond acceptors (Lipinski definition) is 3. The van der Waals surface area contributed by atoms with Crippen LogP contribution in [0.15, 0.2) is 60.8 Å². The van der Waals surface area contributed by atoms with Gasteiger partial charge in [-0.05, 0) is 42.3 Å². The molecule has 0 spiro atoms. The summed E-state index contributed by atoms with van der Waals surface area (Å²) in [6.45, 7) is 0. The molecule has 2 heterocycles. The van der Waals surface area contributed by atoms with Crippen molar-refractivity contribution in [2.45, 2.75) is 12.8 Å². The van der Waals surface area contributed by atoms with E-state index in [0.717, 1.165) is 35.4 Å². The maximum Gasteiger partial charge on any atom is 0.273 e. The number of imidazole rings is 1. The zero-order valence-electron chi connectivity index (χ0n) is 15.4. The number of aromatic nitrogens is 4. The van der Waals surface area contributed by atoms with Gasteiger partial charge in [0.2, 0.25) is 0 Å². The van der Waals surface area contributed by atoms with E-state index in [0.29, 0.717) is 5.69 Å². The lowest BCUT2D eigenvalue weighted by atomic mass is 10.1. The van der Waals surface area contributed by atoms with Crippen LogP contribution in [0.1, 0.15) is 21.9 Å². The fraction of sp³-hybridized carbons (Fsp3) is 0.190. The van der Waals surface area contributed by atoms with E-state index in [9.17, 15) is 4.79 Å². The van der Waals surface area contributed by atoms with Gasteiger partial charge in [0.05, 0.1) is 11.0 Å². The van der Waals surface area contributed by atoms with Gasteiger partial charge < -0.3 is 9.88 Å². The quantitative estimate of drug-likeness (QED) is 0.594. The molecular formula is C21H21N5O. The van der Waals surface area contributed by atoms with Gasteiger partial charge in [0.25, 0.3) is 5.91 Å². The molecule has 0 aliphatic carbocycles. The van der Waals surface area contributed by atoms with E-state index in [1.165, 1.54) is 5.56 Å². The normalized spacial score (nSPS) is 11.0. The topological polar surface area (TPSA) is 64.7 Å². The summed E-state index contributed by atoms with van der Waals surface area (Å²) < 4.78 is 3.71. The number of fused-ring (bicyclic) bond motifs is 1. The van der Waals surface area contributed by atoms with Crippen molar-refractivity contribution in [1.29, 1.82) is 0 Å². The van der Waals surface area contributed by atoms with Gasteiger partial charge in [-0.2, -0.15) is 5.10 Å². The molecule has 0 saturated carbocycles. The van der Waals surface area contributed by atoms with Crippen molar-refractivity contribution in [3.05, 3.63) is 77.9 Å². The second-order valence-electron chi connectivity index (χ2n) is 6.57. The predicted molar refractivity (Wildman–Crippen MR) is 106 cm³/mol. The summed E-state index contributed by atoms with van der Waals surface area (Å²) in [5.41, 5.74) is 4.69. The van der Waals surface area contributed by atoms with Crippen molar-refractivity contribution < 1.29 is 4.79 Å². The number of carbonyl (C=O) groups excluding carboxylic acids is 1. The van der Waals surface area contributed by atoms with Gasteiger partial charge in [-0.15, -0.1) is 0 Å². The van der Waals surface area contributed by atoms with Gasteiger partial charge in [0, 0.05) is 32.4 Å². The van der Waals surface area contributed by atoms with E-state index in [2.05, 4.69) is 28.1 Å². The average Bonchev–Trinajstić information content (AvgIpc) is 3.25. The molecule has 2 aromatic heterocycles. The Morgan fingerprint density at radius 1 is 1.00 bits per heavy atom. The molecule has 4 aromatic rings. The number of nitrogens with one attached hydrogen (secondary N) is 1. The molecule has 6 nitrogen and oxygen atoms in total. The van der Waals surface area contributed by atoms with Gasteiger partial charge in [0.1, 0.15) is 11.5 Å². The molecular weight excluding hydrogens is 338 g/mol. The fourth-order valence-electron chi connectivity index (χ4n) is 3.22. The highest BCUT2D eigenvalue weighted by atomic mass is 16.2. The Hall–Kier alpha value is -3.41. The Morgan fingerprint density at radius 3 is 2.48 bits per heavy atom. The lowest BCUT2D eigenvalue weighted by Crippen LogP contribution is -2.16. The van der Waals surface area contributed by atoms with E-state index in [-0.39, 0.29) is 5.91 Å². The third kappa shape index (κ3) is 3.46. The van der Waals surface area contributed by atoms with Gasteiger partial charge in [-0.1, -0.05) is 24.3 Å². The minimum absolute atomic E-state index is 0.164. The summed E-state index contributed by atoms with van der Waals surface area (Å²) in [6.07, 6.45) is 3.37. The second-order valence-corrected chi connectivity index (χ2v) is 6.57. The number of benzene rings is 2. The van der Waals surface area contributed by atoms with Crippen LogP contribution < -0.4 is 5.32 Å². The molecule has 0 atom stereocenters. The Morgan fingerprint density at radius 2 is 1.78 bits per heavy atom. The second kappa shape index (κ2) is 7.07. The van der Waals surface area contributed by atoms with Crippen molar-refractivity contribution in [2.75, 3.05) is 5.32 Å². The van der Waals surface area contributed by atoms with Crippen molar-refractivity contribution in [3.63, 3.8) is 0 Å². The maximum absolute atomic E-state index is 12.2. The molecule has 2 aromatic carbocycles. The molecule has 0 aliphatic rings. The predicted octanol–water partition coefficient (Wildman–Crippen LogP) is 3.34. The molecule has 0 bridgehead atoms. The molecule has 4 rings (SSSR count). The molecule has 6 heteroatoms. The largest absolute Gasteiger partial charge is 0.331 e. The number of anilines is 1. The van der Waals surface area contributed by atoms with Crippen LogP contribution in [0.25, 0.3) is 11.0 Å². The zero-order chi connectivity index (χ0) is 18.8. The summed E-state index contributed by atoms with van der Waals surface area (Å²) in [7, 11) is 3.81. The number of carbonyl (C=O) groups is 1. The van der Waals surface area contributed by atoms with Gasteiger partial charge in [0.15, 0.2) is 0 Å². The molecule has 0 unspecified atom stereocenters. The van der Waals surface area contributed by atoms with Crippen LogP contribution in [-0.4, -0.2) is 25.2 Å². The highest BCUT2D eigenvalue weighted by Crippen LogP contribution is 2.17. The highest BCUT2D eigenvalue weighted by molar-refractivity contribution is 6.02. The molecule has 0 fully saturated rings. The molecule has 1 N–H and O–H groups in total. The van der Waals surface area contributed by atoms with E-state index in [1.807, 2.05) is 42.5 Å². The molecule has 0 radical (unpaired) electrons. The average molecular weight is 359 g/mol. The Bertz CT molecular complexity index is 1090. The first-order valence-corrected chi connectivity index (χ1v) is 8.90. The summed E-state index contributed by atoms with van der Waals surface area (Å²) in [5.74, 6) is 0.909. The van der Waals surface area contributed by atoms with Gasteiger partial charge in [-0.25, -0.2) is 4.98 Å². The molecule has 27 heavy (non-hydrogen) atoms. The van der Waals surface area contributed by atoms with E-state index < -0.39 is 0 Å². The summed E-state index contributed by atoms with van der Waals surface area (Å²) in [5, 5.41) is 6.91. The first-order valence-electron chi connectivity index (χ1n) is 8.90. The number of nitrogens with zero attached hydrogens (tertiary/aromatic N) is 4. The third-order valence-electron chi connectivity index (χ3n) is 4.78. The minimum Gasteiger partial charge on any atom is -0.331 e. The Labute approximate surface area is 157 Å². The fourth-order valence-corrected chi connectivity index (χ4v) is 3.22. The standard InChI is InChI=1S/C21H21N5O/c1-25-18-6-4-3-5-17(18)24-20(25)12-9-15-7-10-16(11-8-15)23-21(27)19-13-14-22-26(19)2/h3-8,10-11,13-14H,9,12H2,1-2H3,(H,23,27). The SMILES string of the molecule is Cn1nccc1C(=O)Nc1ccc(CCc2nc3ccccc3n2C)cc1. The minimum atomic E-state index is -0.164. The summed E-state index contributed by atoms with van der Waals surface area (Å²) in [4.78, 5) is 17.0. The van der Waals surface area contributed by atoms with Gasteiger partial charge >= 0.3 is 0 Å². The highest BCUT2D eigenvalue weighted by Gasteiger charge is 2.10. The lowest BCUT2D eigenvalue weighted by Gasteiger charge is -2.07.